The van der Waals surface area contributed by atoms with Crippen molar-refractivity contribution in [2.24, 2.45) is 0 Å². The molecule has 0 aliphatic heterocycles. The number of para-hydroxylation sites is 1. The molecule has 3 rings (SSSR count). The van der Waals surface area contributed by atoms with Gasteiger partial charge in [0.1, 0.15) is 17.0 Å². The summed E-state index contributed by atoms with van der Waals surface area (Å²) in [5, 5.41) is 6.94. The number of hydrogen-bond acceptors (Lipinski definition) is 5. The van der Waals surface area contributed by atoms with Crippen LogP contribution in [0.4, 0.5) is 5.69 Å². The molecule has 0 spiro atoms. The largest absolute Gasteiger partial charge is 0.452 e. The van der Waals surface area contributed by atoms with E-state index in [2.05, 4.69) is 38.2 Å². The Balaban J connectivity index is 1.75. The van der Waals surface area contributed by atoms with Gasteiger partial charge in [-0.2, -0.15) is 0 Å². The minimum atomic E-state index is -0.644. The van der Waals surface area contributed by atoms with Gasteiger partial charge in [0, 0.05) is 11.3 Å². The first-order valence-corrected chi connectivity index (χ1v) is 10.4. The summed E-state index contributed by atoms with van der Waals surface area (Å²) < 4.78 is 10.5. The summed E-state index contributed by atoms with van der Waals surface area (Å²) in [4.78, 5) is 25.4. The van der Waals surface area contributed by atoms with Crippen molar-refractivity contribution >= 4 is 17.6 Å². The Bertz CT molecular complexity index is 1040. The van der Waals surface area contributed by atoms with E-state index in [0.29, 0.717) is 11.5 Å². The lowest BCUT2D eigenvalue weighted by molar-refractivity contribution is -0.119. The number of aryl methyl sites for hydroxylation is 1. The number of hydrogen-bond donors (Lipinski definition) is 1. The zero-order chi connectivity index (χ0) is 22.5. The van der Waals surface area contributed by atoms with Gasteiger partial charge in [0.05, 0.1) is 0 Å². The number of nitrogens with one attached hydrogen (secondary N) is 1. The fraction of sp³-hybridized carbons (Fsp3) is 0.320. The highest BCUT2D eigenvalue weighted by Gasteiger charge is 2.24. The smallest absolute Gasteiger partial charge is 0.344 e. The summed E-state index contributed by atoms with van der Waals surface area (Å²) in [6.45, 7) is 9.55. The lowest BCUT2D eigenvalue weighted by atomic mass is 9.92. The summed E-state index contributed by atoms with van der Waals surface area (Å²) in [6, 6.07) is 15.2. The van der Waals surface area contributed by atoms with E-state index in [1.54, 1.807) is 6.92 Å². The van der Waals surface area contributed by atoms with Gasteiger partial charge in [-0.1, -0.05) is 81.4 Å². The molecule has 162 valence electrons. The van der Waals surface area contributed by atoms with Crippen LogP contribution in [0.1, 0.15) is 66.8 Å². The van der Waals surface area contributed by atoms with Crippen LogP contribution in [0.3, 0.4) is 0 Å². The van der Waals surface area contributed by atoms with Crippen LogP contribution in [0.25, 0.3) is 11.3 Å². The van der Waals surface area contributed by atoms with Gasteiger partial charge in [0.15, 0.2) is 6.61 Å². The van der Waals surface area contributed by atoms with Crippen molar-refractivity contribution in [3.8, 4) is 11.3 Å². The van der Waals surface area contributed by atoms with Crippen molar-refractivity contribution in [1.29, 1.82) is 0 Å². The van der Waals surface area contributed by atoms with Gasteiger partial charge in [-0.25, -0.2) is 4.79 Å². The van der Waals surface area contributed by atoms with Crippen molar-refractivity contribution in [3.05, 3.63) is 71.0 Å². The van der Waals surface area contributed by atoms with Gasteiger partial charge in [-0.15, -0.1) is 0 Å². The third-order valence-corrected chi connectivity index (χ3v) is 5.09. The van der Waals surface area contributed by atoms with Crippen LogP contribution in [0, 0.1) is 6.92 Å². The molecule has 1 heterocycles. The monoisotopic (exact) mass is 420 g/mol. The van der Waals surface area contributed by atoms with E-state index in [-0.39, 0.29) is 17.4 Å². The molecule has 0 fully saturated rings. The van der Waals surface area contributed by atoms with Crippen molar-refractivity contribution in [1.82, 2.24) is 5.16 Å². The molecule has 0 aliphatic carbocycles. The number of nitrogens with zero attached hydrogens (tertiary/aromatic N) is 1. The third-order valence-electron chi connectivity index (χ3n) is 5.09. The number of carbonyl (C=O) groups is 2. The molecule has 0 bridgehead atoms. The molecule has 1 aromatic heterocycles. The highest BCUT2D eigenvalue weighted by Crippen LogP contribution is 2.32. The predicted octanol–water partition coefficient (Wildman–Crippen LogP) is 5.69. The van der Waals surface area contributed by atoms with Crippen LogP contribution in [0.15, 0.2) is 53.1 Å². The second kappa shape index (κ2) is 9.60. The number of rotatable bonds is 7. The molecule has 0 aliphatic rings. The fourth-order valence-corrected chi connectivity index (χ4v) is 3.48. The van der Waals surface area contributed by atoms with Crippen molar-refractivity contribution in [3.63, 3.8) is 0 Å². The second-order valence-corrected chi connectivity index (χ2v) is 8.07. The van der Waals surface area contributed by atoms with Crippen LogP contribution in [0.2, 0.25) is 0 Å². The molecular weight excluding hydrogens is 392 g/mol. The second-order valence-electron chi connectivity index (χ2n) is 8.07. The summed E-state index contributed by atoms with van der Waals surface area (Å²) in [5.41, 5.74) is 4.25. The molecule has 0 atom stereocenters. The standard InChI is InChI=1S/C25H28N2O4/c1-15(2)19-12-9-13-20(16(3)4)24(19)26-21(28)14-30-25(29)22-17(5)31-27-23(22)18-10-7-6-8-11-18/h6-13,15-16H,14H2,1-5H3,(H,26,28). The number of esters is 1. The number of anilines is 1. The maximum atomic E-state index is 12.7. The Morgan fingerprint density at radius 2 is 1.58 bits per heavy atom. The number of benzene rings is 2. The SMILES string of the molecule is Cc1onc(-c2ccccc2)c1C(=O)OCC(=O)Nc1c(C(C)C)cccc1C(C)C. The predicted molar refractivity (Wildman–Crippen MR) is 120 cm³/mol. The fourth-order valence-electron chi connectivity index (χ4n) is 3.48. The summed E-state index contributed by atoms with van der Waals surface area (Å²) in [6.07, 6.45) is 0. The molecule has 1 amide bonds. The lowest BCUT2D eigenvalue weighted by Crippen LogP contribution is -2.23. The van der Waals surface area contributed by atoms with Crippen molar-refractivity contribution in [2.45, 2.75) is 46.5 Å². The van der Waals surface area contributed by atoms with E-state index in [1.807, 2.05) is 48.5 Å². The normalized spacial score (nSPS) is 11.1. The lowest BCUT2D eigenvalue weighted by Gasteiger charge is -2.20. The topological polar surface area (TPSA) is 81.4 Å². The van der Waals surface area contributed by atoms with Crippen molar-refractivity contribution < 1.29 is 18.8 Å². The maximum Gasteiger partial charge on any atom is 0.344 e. The molecule has 6 nitrogen and oxygen atoms in total. The van der Waals surface area contributed by atoms with Crippen LogP contribution >= 0.6 is 0 Å². The highest BCUT2D eigenvalue weighted by molar-refractivity contribution is 5.99. The van der Waals surface area contributed by atoms with E-state index < -0.39 is 18.5 Å². The molecule has 6 heteroatoms. The Morgan fingerprint density at radius 3 is 2.16 bits per heavy atom. The quantitative estimate of drug-likeness (QED) is 0.496. The summed E-state index contributed by atoms with van der Waals surface area (Å²) in [5.74, 6) is -0.210. The molecule has 2 aromatic carbocycles. The van der Waals surface area contributed by atoms with E-state index in [9.17, 15) is 9.59 Å². The zero-order valence-electron chi connectivity index (χ0n) is 18.6. The number of aromatic nitrogens is 1. The Morgan fingerprint density at radius 1 is 0.968 bits per heavy atom. The average molecular weight is 421 g/mol. The Kier molecular flexibility index (Phi) is 6.90. The van der Waals surface area contributed by atoms with Crippen LogP contribution in [-0.4, -0.2) is 23.6 Å². The molecule has 31 heavy (non-hydrogen) atoms. The highest BCUT2D eigenvalue weighted by atomic mass is 16.5. The van der Waals surface area contributed by atoms with Crippen LogP contribution in [0.5, 0.6) is 0 Å². The Hall–Kier alpha value is -3.41. The number of ether oxygens (including phenoxy) is 1. The number of carbonyl (C=O) groups excluding carboxylic acids is 2. The van der Waals surface area contributed by atoms with Crippen LogP contribution in [-0.2, 0) is 9.53 Å². The maximum absolute atomic E-state index is 12.7. The van der Waals surface area contributed by atoms with Gasteiger partial charge < -0.3 is 14.6 Å². The molecule has 3 aromatic rings. The molecular formula is C25H28N2O4. The average Bonchev–Trinajstić information content (AvgIpc) is 3.14. The van der Waals surface area contributed by atoms with E-state index in [4.69, 9.17) is 9.26 Å². The van der Waals surface area contributed by atoms with Gasteiger partial charge in [0.2, 0.25) is 0 Å². The van der Waals surface area contributed by atoms with Gasteiger partial charge >= 0.3 is 5.97 Å². The molecule has 0 saturated carbocycles. The van der Waals surface area contributed by atoms with E-state index >= 15 is 0 Å². The molecule has 0 saturated heterocycles. The Labute approximate surface area is 182 Å². The summed E-state index contributed by atoms with van der Waals surface area (Å²) >= 11 is 0. The van der Waals surface area contributed by atoms with E-state index in [1.165, 1.54) is 0 Å². The van der Waals surface area contributed by atoms with Gasteiger partial charge in [-0.05, 0) is 29.9 Å². The van der Waals surface area contributed by atoms with Gasteiger partial charge in [0.25, 0.3) is 5.91 Å². The molecule has 0 radical (unpaired) electrons. The zero-order valence-corrected chi connectivity index (χ0v) is 18.6. The van der Waals surface area contributed by atoms with E-state index in [0.717, 1.165) is 22.4 Å². The number of amides is 1. The summed E-state index contributed by atoms with van der Waals surface area (Å²) in [7, 11) is 0. The minimum absolute atomic E-state index is 0.226. The first kappa shape index (κ1) is 22.3. The first-order chi connectivity index (χ1) is 14.8. The molecule has 0 unspecified atom stereocenters. The molecule has 1 N–H and O–H groups in total. The van der Waals surface area contributed by atoms with Gasteiger partial charge in [-0.3, -0.25) is 4.79 Å². The third kappa shape index (κ3) is 5.02. The minimum Gasteiger partial charge on any atom is -0.452 e. The van der Waals surface area contributed by atoms with Crippen LogP contribution < -0.4 is 5.32 Å². The first-order valence-electron chi connectivity index (χ1n) is 10.4. The van der Waals surface area contributed by atoms with Crippen molar-refractivity contribution in [2.75, 3.05) is 11.9 Å².